The number of para-hydroxylation sites is 1. The molecule has 178 valence electrons. The maximum absolute atomic E-state index is 12.3. The third-order valence-corrected chi connectivity index (χ3v) is 6.90. The van der Waals surface area contributed by atoms with Gasteiger partial charge in [-0.05, 0) is 48.7 Å². The highest BCUT2D eigenvalue weighted by atomic mass is 32.2. The molecule has 4 aromatic rings. The highest BCUT2D eigenvalue weighted by Crippen LogP contribution is 2.35. The van der Waals surface area contributed by atoms with Gasteiger partial charge in [0.15, 0.2) is 0 Å². The lowest BCUT2D eigenvalue weighted by Crippen LogP contribution is -2.31. The van der Waals surface area contributed by atoms with Crippen molar-refractivity contribution in [3.63, 3.8) is 0 Å². The van der Waals surface area contributed by atoms with E-state index in [2.05, 4.69) is 15.3 Å². The first-order chi connectivity index (χ1) is 17.0. The molecule has 1 saturated carbocycles. The van der Waals surface area contributed by atoms with E-state index in [1.807, 2.05) is 84.9 Å². The SMILES string of the molecule is CS(=O)(=O)N(c1cccc(Nc2cc(-c3ccccc3OCc3ccccc3)ncn2)c1)C1CC1. The lowest BCUT2D eigenvalue weighted by molar-refractivity contribution is 0.307. The number of sulfonamides is 1. The Morgan fingerprint density at radius 3 is 2.49 bits per heavy atom. The van der Waals surface area contributed by atoms with Crippen LogP contribution in [0, 0.1) is 0 Å². The molecule has 7 nitrogen and oxygen atoms in total. The second-order valence-corrected chi connectivity index (χ2v) is 10.4. The van der Waals surface area contributed by atoms with Crippen LogP contribution in [0.1, 0.15) is 18.4 Å². The second kappa shape index (κ2) is 9.76. The number of ether oxygens (including phenoxy) is 1. The molecule has 0 spiro atoms. The van der Waals surface area contributed by atoms with Crippen LogP contribution >= 0.6 is 0 Å². The number of nitrogens with one attached hydrogen (secondary N) is 1. The fourth-order valence-corrected chi connectivity index (χ4v) is 5.21. The van der Waals surface area contributed by atoms with Crippen LogP contribution in [0.25, 0.3) is 11.3 Å². The molecule has 0 bridgehead atoms. The van der Waals surface area contributed by atoms with Crippen LogP contribution in [0.15, 0.2) is 91.3 Å². The normalized spacial score (nSPS) is 13.3. The third kappa shape index (κ3) is 5.60. The van der Waals surface area contributed by atoms with Gasteiger partial charge in [-0.2, -0.15) is 0 Å². The molecule has 0 radical (unpaired) electrons. The zero-order valence-electron chi connectivity index (χ0n) is 19.3. The molecule has 0 unspecified atom stereocenters. The van der Waals surface area contributed by atoms with Crippen molar-refractivity contribution in [3.05, 3.63) is 96.8 Å². The average Bonchev–Trinajstić information content (AvgIpc) is 3.68. The summed E-state index contributed by atoms with van der Waals surface area (Å²) in [7, 11) is -3.35. The van der Waals surface area contributed by atoms with Crippen LogP contribution in [-0.4, -0.2) is 30.7 Å². The van der Waals surface area contributed by atoms with Crippen LogP contribution in [0.3, 0.4) is 0 Å². The molecule has 1 aliphatic rings. The maximum Gasteiger partial charge on any atom is 0.232 e. The first-order valence-corrected chi connectivity index (χ1v) is 13.3. The number of nitrogens with zero attached hydrogens (tertiary/aromatic N) is 3. The van der Waals surface area contributed by atoms with Crippen molar-refractivity contribution in [3.8, 4) is 17.0 Å². The molecule has 1 fully saturated rings. The molecule has 8 heteroatoms. The van der Waals surface area contributed by atoms with Crippen molar-refractivity contribution in [2.24, 2.45) is 0 Å². The summed E-state index contributed by atoms with van der Waals surface area (Å²) in [4.78, 5) is 8.82. The Bertz CT molecular complexity index is 1420. The Kier molecular flexibility index (Phi) is 6.37. The van der Waals surface area contributed by atoms with Crippen LogP contribution in [0.2, 0.25) is 0 Å². The molecule has 0 saturated heterocycles. The smallest absolute Gasteiger partial charge is 0.232 e. The second-order valence-electron chi connectivity index (χ2n) is 8.52. The minimum absolute atomic E-state index is 0.0401. The molecule has 0 atom stereocenters. The van der Waals surface area contributed by atoms with E-state index in [0.717, 1.165) is 41.1 Å². The molecular weight excluding hydrogens is 460 g/mol. The molecular formula is C27H26N4O3S. The summed E-state index contributed by atoms with van der Waals surface area (Å²) < 4.78 is 32.3. The Morgan fingerprint density at radius 1 is 0.943 bits per heavy atom. The summed E-state index contributed by atoms with van der Waals surface area (Å²) in [5.74, 6) is 1.33. The van der Waals surface area contributed by atoms with Gasteiger partial charge in [-0.3, -0.25) is 4.31 Å². The quantitative estimate of drug-likeness (QED) is 0.341. The van der Waals surface area contributed by atoms with Crippen LogP contribution < -0.4 is 14.4 Å². The van der Waals surface area contributed by atoms with Crippen molar-refractivity contribution in [1.82, 2.24) is 9.97 Å². The van der Waals surface area contributed by atoms with Gasteiger partial charge < -0.3 is 10.1 Å². The first kappa shape index (κ1) is 22.9. The number of hydrogen-bond donors (Lipinski definition) is 1. The summed E-state index contributed by atoms with van der Waals surface area (Å²) >= 11 is 0. The summed E-state index contributed by atoms with van der Waals surface area (Å²) in [5, 5.41) is 3.28. The van der Waals surface area contributed by atoms with Crippen molar-refractivity contribution >= 4 is 27.2 Å². The van der Waals surface area contributed by atoms with E-state index in [-0.39, 0.29) is 6.04 Å². The number of benzene rings is 3. The van der Waals surface area contributed by atoms with Crippen molar-refractivity contribution in [1.29, 1.82) is 0 Å². The molecule has 1 heterocycles. The number of anilines is 3. The predicted octanol–water partition coefficient (Wildman–Crippen LogP) is 5.39. The van der Waals surface area contributed by atoms with Gasteiger partial charge in [-0.1, -0.05) is 48.5 Å². The van der Waals surface area contributed by atoms with Gasteiger partial charge in [0.25, 0.3) is 0 Å². The van der Waals surface area contributed by atoms with E-state index >= 15 is 0 Å². The minimum Gasteiger partial charge on any atom is -0.488 e. The standard InChI is InChI=1S/C27H26N4O3S/c1-35(32,33)31(22-14-15-22)23-11-7-10-21(16-23)30-27-17-25(28-19-29-27)24-12-5-6-13-26(24)34-18-20-8-3-2-4-9-20/h2-13,16-17,19,22H,14-15,18H2,1H3,(H,28,29,30). The predicted molar refractivity (Wildman–Crippen MR) is 138 cm³/mol. The van der Waals surface area contributed by atoms with Gasteiger partial charge >= 0.3 is 0 Å². The van der Waals surface area contributed by atoms with E-state index in [9.17, 15) is 8.42 Å². The summed E-state index contributed by atoms with van der Waals surface area (Å²) in [6, 6.07) is 27.0. The van der Waals surface area contributed by atoms with E-state index in [1.165, 1.54) is 16.9 Å². The maximum atomic E-state index is 12.3. The van der Waals surface area contributed by atoms with Gasteiger partial charge in [0.2, 0.25) is 10.0 Å². The van der Waals surface area contributed by atoms with Crippen molar-refractivity contribution in [2.75, 3.05) is 15.9 Å². The zero-order chi connectivity index (χ0) is 24.3. The molecule has 0 aliphatic heterocycles. The number of hydrogen-bond acceptors (Lipinski definition) is 6. The number of aromatic nitrogens is 2. The molecule has 1 N–H and O–H groups in total. The topological polar surface area (TPSA) is 84.4 Å². The molecule has 5 rings (SSSR count). The van der Waals surface area contributed by atoms with E-state index in [0.29, 0.717) is 18.1 Å². The fraction of sp³-hybridized carbons (Fsp3) is 0.185. The Morgan fingerprint density at radius 2 is 1.71 bits per heavy atom. The van der Waals surface area contributed by atoms with Gasteiger partial charge in [0.1, 0.15) is 24.5 Å². The molecule has 1 aromatic heterocycles. The Balaban J connectivity index is 1.37. The van der Waals surface area contributed by atoms with Crippen LogP contribution in [0.5, 0.6) is 5.75 Å². The van der Waals surface area contributed by atoms with Crippen LogP contribution in [0.4, 0.5) is 17.2 Å². The lowest BCUT2D eigenvalue weighted by atomic mass is 10.1. The summed E-state index contributed by atoms with van der Waals surface area (Å²) in [6.45, 7) is 0.457. The monoisotopic (exact) mass is 486 g/mol. The zero-order valence-corrected chi connectivity index (χ0v) is 20.2. The minimum atomic E-state index is -3.35. The van der Waals surface area contributed by atoms with E-state index < -0.39 is 10.0 Å². The van der Waals surface area contributed by atoms with Gasteiger partial charge in [-0.15, -0.1) is 0 Å². The fourth-order valence-electron chi connectivity index (χ4n) is 3.96. The first-order valence-electron chi connectivity index (χ1n) is 11.4. The van der Waals surface area contributed by atoms with Gasteiger partial charge in [0, 0.05) is 23.4 Å². The Labute approximate surface area is 205 Å². The lowest BCUT2D eigenvalue weighted by Gasteiger charge is -2.22. The average molecular weight is 487 g/mol. The summed E-state index contributed by atoms with van der Waals surface area (Å²) in [6.07, 6.45) is 4.51. The Hall–Kier alpha value is -3.91. The van der Waals surface area contributed by atoms with Crippen molar-refractivity contribution in [2.45, 2.75) is 25.5 Å². The largest absolute Gasteiger partial charge is 0.488 e. The summed E-state index contributed by atoms with van der Waals surface area (Å²) in [5.41, 5.74) is 4.06. The molecule has 35 heavy (non-hydrogen) atoms. The molecule has 3 aromatic carbocycles. The van der Waals surface area contributed by atoms with Crippen LogP contribution in [-0.2, 0) is 16.6 Å². The third-order valence-electron chi connectivity index (χ3n) is 5.68. The molecule has 1 aliphatic carbocycles. The molecule has 0 amide bonds. The van der Waals surface area contributed by atoms with Gasteiger partial charge in [-0.25, -0.2) is 18.4 Å². The highest BCUT2D eigenvalue weighted by Gasteiger charge is 2.35. The van der Waals surface area contributed by atoms with E-state index in [1.54, 1.807) is 0 Å². The van der Waals surface area contributed by atoms with Crippen molar-refractivity contribution < 1.29 is 13.2 Å². The highest BCUT2D eigenvalue weighted by molar-refractivity contribution is 7.92. The van der Waals surface area contributed by atoms with E-state index in [4.69, 9.17) is 4.74 Å². The van der Waals surface area contributed by atoms with Gasteiger partial charge in [0.05, 0.1) is 17.6 Å². The number of rotatable bonds is 9.